The molecule has 4 bridgehead atoms. The third-order valence-electron chi connectivity index (χ3n) is 5.46. The van der Waals surface area contributed by atoms with Crippen LogP contribution in [0.5, 0.6) is 0 Å². The van der Waals surface area contributed by atoms with E-state index in [4.69, 9.17) is 0 Å². The van der Waals surface area contributed by atoms with Gasteiger partial charge in [0.2, 0.25) is 0 Å². The molecule has 0 aromatic heterocycles. The van der Waals surface area contributed by atoms with Crippen LogP contribution in [0.2, 0.25) is 0 Å². The van der Waals surface area contributed by atoms with Crippen LogP contribution in [-0.2, 0) is 0 Å². The minimum Gasteiger partial charge on any atom is -0.365 e. The zero-order valence-electron chi connectivity index (χ0n) is 11.2. The van der Waals surface area contributed by atoms with Crippen molar-refractivity contribution in [3.8, 4) is 0 Å². The second-order valence-corrected chi connectivity index (χ2v) is 8.59. The zero-order chi connectivity index (χ0) is 12.2. The van der Waals surface area contributed by atoms with E-state index in [1.54, 1.807) is 19.3 Å². The summed E-state index contributed by atoms with van der Waals surface area (Å²) in [6.07, 6.45) is 18.1. The molecule has 5 aliphatic rings. The largest absolute Gasteiger partial charge is 0.365 e. The van der Waals surface area contributed by atoms with Crippen molar-refractivity contribution < 1.29 is 0 Å². The summed E-state index contributed by atoms with van der Waals surface area (Å²) in [5.41, 5.74) is 0. The Labute approximate surface area is 115 Å². The van der Waals surface area contributed by atoms with Gasteiger partial charge in [0.1, 0.15) is 0 Å². The summed E-state index contributed by atoms with van der Waals surface area (Å²) in [6.45, 7) is 0. The van der Waals surface area contributed by atoms with E-state index in [1.807, 2.05) is 0 Å². The van der Waals surface area contributed by atoms with Crippen molar-refractivity contribution in [3.05, 3.63) is 24.4 Å². The topological polar surface area (TPSA) is 3.24 Å². The highest BCUT2D eigenvalue weighted by atomic mass is 32.2. The fourth-order valence-corrected chi connectivity index (χ4v) is 7.03. The lowest BCUT2D eigenvalue weighted by molar-refractivity contribution is 0.0379. The zero-order valence-corrected chi connectivity index (χ0v) is 12.0. The van der Waals surface area contributed by atoms with Crippen molar-refractivity contribution in [2.24, 2.45) is 17.8 Å². The summed E-state index contributed by atoms with van der Waals surface area (Å²) < 4.78 is 0.628. The van der Waals surface area contributed by atoms with Gasteiger partial charge >= 0.3 is 0 Å². The van der Waals surface area contributed by atoms with Gasteiger partial charge < -0.3 is 4.90 Å². The fraction of sp³-hybridized carbons (Fsp3) is 0.750. The lowest BCUT2D eigenvalue weighted by Crippen LogP contribution is -2.50. The van der Waals surface area contributed by atoms with Crippen LogP contribution in [0.1, 0.15) is 38.5 Å². The maximum Gasteiger partial charge on any atom is 0.0935 e. The van der Waals surface area contributed by atoms with Gasteiger partial charge in [-0.15, -0.1) is 11.8 Å². The van der Waals surface area contributed by atoms with E-state index >= 15 is 0 Å². The maximum absolute atomic E-state index is 2.38. The highest BCUT2D eigenvalue weighted by Gasteiger charge is 2.52. The van der Waals surface area contributed by atoms with Crippen LogP contribution in [0, 0.1) is 17.8 Å². The van der Waals surface area contributed by atoms with Crippen molar-refractivity contribution in [2.45, 2.75) is 48.6 Å². The van der Waals surface area contributed by atoms with E-state index in [0.717, 1.165) is 17.8 Å². The molecule has 1 aliphatic heterocycles. The Kier molecular flexibility index (Phi) is 2.58. The predicted octanol–water partition coefficient (Wildman–Crippen LogP) is 4.03. The van der Waals surface area contributed by atoms with E-state index in [2.05, 4.69) is 48.1 Å². The third-order valence-corrected chi connectivity index (χ3v) is 7.19. The Morgan fingerprint density at radius 3 is 2.17 bits per heavy atom. The molecule has 1 heterocycles. The first-order valence-corrected chi connectivity index (χ1v) is 8.35. The van der Waals surface area contributed by atoms with Gasteiger partial charge in [-0.25, -0.2) is 0 Å². The highest BCUT2D eigenvalue weighted by molar-refractivity contribution is 8.01. The van der Waals surface area contributed by atoms with Crippen LogP contribution >= 0.6 is 11.8 Å². The van der Waals surface area contributed by atoms with Crippen LogP contribution in [0.25, 0.3) is 0 Å². The Bertz CT molecular complexity index is 363. The van der Waals surface area contributed by atoms with E-state index in [-0.39, 0.29) is 0 Å². The van der Waals surface area contributed by atoms with Crippen LogP contribution in [0.3, 0.4) is 0 Å². The Hall–Kier alpha value is -0.370. The van der Waals surface area contributed by atoms with E-state index in [0.29, 0.717) is 10.1 Å². The van der Waals surface area contributed by atoms with Crippen LogP contribution < -0.4 is 0 Å². The normalized spacial score (nSPS) is 49.1. The monoisotopic (exact) mass is 261 g/mol. The molecule has 4 fully saturated rings. The van der Waals surface area contributed by atoms with Crippen molar-refractivity contribution in [2.75, 3.05) is 7.05 Å². The Morgan fingerprint density at radius 2 is 1.61 bits per heavy atom. The predicted molar refractivity (Wildman–Crippen MR) is 78.3 cm³/mol. The first-order valence-electron chi connectivity index (χ1n) is 7.47. The van der Waals surface area contributed by atoms with Gasteiger partial charge in [0.25, 0.3) is 0 Å². The Morgan fingerprint density at radius 1 is 1.00 bits per heavy atom. The van der Waals surface area contributed by atoms with Gasteiger partial charge in [-0.2, -0.15) is 0 Å². The summed E-state index contributed by atoms with van der Waals surface area (Å²) in [5.74, 6) is 3.20. The van der Waals surface area contributed by atoms with Crippen LogP contribution in [0.4, 0.5) is 0 Å². The van der Waals surface area contributed by atoms with Crippen molar-refractivity contribution >= 4 is 11.8 Å². The smallest absolute Gasteiger partial charge is 0.0935 e. The summed E-state index contributed by atoms with van der Waals surface area (Å²) >= 11 is 2.27. The van der Waals surface area contributed by atoms with Gasteiger partial charge in [0, 0.05) is 18.0 Å². The molecule has 4 saturated carbocycles. The first-order chi connectivity index (χ1) is 8.72. The number of hydrogen-bond acceptors (Lipinski definition) is 2. The highest BCUT2D eigenvalue weighted by Crippen LogP contribution is 2.61. The molecule has 0 saturated heterocycles. The molecule has 1 nitrogen and oxygen atoms in total. The minimum atomic E-state index is 0.575. The standard InChI is InChI=1S/C16H23NS/c1-17-5-3-2-4-15(17)18-16-9-12-6-13(10-16)8-14(7-12)11-16/h2-5,12-15H,6-11H2,1H3. The quantitative estimate of drug-likeness (QED) is 0.738. The van der Waals surface area contributed by atoms with Gasteiger partial charge in [-0.1, -0.05) is 12.2 Å². The fourth-order valence-electron chi connectivity index (χ4n) is 5.12. The summed E-state index contributed by atoms with van der Waals surface area (Å²) in [4.78, 5) is 2.38. The van der Waals surface area contributed by atoms with Crippen molar-refractivity contribution in [1.82, 2.24) is 4.90 Å². The number of rotatable bonds is 2. The molecule has 0 amide bonds. The lowest BCUT2D eigenvalue weighted by atomic mass is 9.56. The molecule has 1 atom stereocenters. The maximum atomic E-state index is 2.38. The molecule has 0 aromatic carbocycles. The molecule has 1 unspecified atom stereocenters. The molecule has 0 N–H and O–H groups in total. The SMILES string of the molecule is CN1C=CC=CC1SC12CC3CC(CC(C3)C1)C2. The molecule has 0 aromatic rings. The molecule has 0 spiro atoms. The van der Waals surface area contributed by atoms with Crippen LogP contribution in [0.15, 0.2) is 24.4 Å². The first kappa shape index (κ1) is 11.5. The molecule has 0 radical (unpaired) electrons. The van der Waals surface area contributed by atoms with Crippen molar-refractivity contribution in [3.63, 3.8) is 0 Å². The molecule has 4 aliphatic carbocycles. The average molecular weight is 261 g/mol. The second-order valence-electron chi connectivity index (χ2n) is 7.00. The molecule has 2 heteroatoms. The van der Waals surface area contributed by atoms with Gasteiger partial charge in [-0.05, 0) is 62.4 Å². The molecular formula is C16H23NS. The lowest BCUT2D eigenvalue weighted by Gasteiger charge is -2.57. The van der Waals surface area contributed by atoms with E-state index in [9.17, 15) is 0 Å². The number of allylic oxidation sites excluding steroid dienone is 2. The Balaban J connectivity index is 1.54. The molecular weight excluding hydrogens is 238 g/mol. The summed E-state index contributed by atoms with van der Waals surface area (Å²) in [5, 5.41) is 0.575. The van der Waals surface area contributed by atoms with E-state index in [1.165, 1.54) is 19.3 Å². The summed E-state index contributed by atoms with van der Waals surface area (Å²) in [7, 11) is 2.22. The molecule has 5 rings (SSSR count). The second kappa shape index (κ2) is 4.06. The van der Waals surface area contributed by atoms with E-state index < -0.39 is 0 Å². The number of nitrogens with zero attached hydrogens (tertiary/aromatic N) is 1. The number of hydrogen-bond donors (Lipinski definition) is 0. The van der Waals surface area contributed by atoms with Crippen molar-refractivity contribution in [1.29, 1.82) is 0 Å². The molecule has 18 heavy (non-hydrogen) atoms. The van der Waals surface area contributed by atoms with Gasteiger partial charge in [0.05, 0.1) is 5.37 Å². The third kappa shape index (κ3) is 1.84. The number of thioether (sulfide) groups is 1. The number of likely N-dealkylation sites (N-methyl/N-ethyl adjacent to an activating group) is 1. The molecule has 98 valence electrons. The van der Waals surface area contributed by atoms with Crippen LogP contribution in [-0.4, -0.2) is 22.1 Å². The summed E-state index contributed by atoms with van der Waals surface area (Å²) in [6, 6.07) is 0. The average Bonchev–Trinajstić information content (AvgIpc) is 2.30. The minimum absolute atomic E-state index is 0.575. The van der Waals surface area contributed by atoms with Gasteiger partial charge in [0.15, 0.2) is 0 Å². The van der Waals surface area contributed by atoms with Gasteiger partial charge in [-0.3, -0.25) is 0 Å².